The van der Waals surface area contributed by atoms with Crippen LogP contribution in [0, 0.1) is 5.92 Å². The Labute approximate surface area is 151 Å². The van der Waals surface area contributed by atoms with Gasteiger partial charge in [-0.3, -0.25) is 14.4 Å². The van der Waals surface area contributed by atoms with Crippen LogP contribution in [0.5, 0.6) is 0 Å². The van der Waals surface area contributed by atoms with Gasteiger partial charge in [-0.05, 0) is 25.3 Å². The van der Waals surface area contributed by atoms with Crippen LogP contribution in [0.1, 0.15) is 29.6 Å². The Morgan fingerprint density at radius 3 is 2.88 bits per heavy atom. The SMILES string of the molecule is O=C1CN(C(=O)[C@H]2CC[C@H]3OCCN(C(=O)c4cc[nH]c4)[C@@H]3C2)CCN1. The average molecular weight is 360 g/mol. The number of carbonyl (C=O) groups excluding carboxylic acids is 3. The molecule has 1 aromatic heterocycles. The summed E-state index contributed by atoms with van der Waals surface area (Å²) in [5, 5.41) is 2.74. The van der Waals surface area contributed by atoms with Crippen LogP contribution < -0.4 is 5.32 Å². The van der Waals surface area contributed by atoms with Gasteiger partial charge in [0.15, 0.2) is 0 Å². The van der Waals surface area contributed by atoms with E-state index in [1.807, 2.05) is 4.90 Å². The number of fused-ring (bicyclic) bond motifs is 1. The summed E-state index contributed by atoms with van der Waals surface area (Å²) in [5.74, 6) is -0.262. The highest BCUT2D eigenvalue weighted by atomic mass is 16.5. The molecule has 8 heteroatoms. The van der Waals surface area contributed by atoms with Crippen molar-refractivity contribution in [1.29, 1.82) is 0 Å². The van der Waals surface area contributed by atoms with Crippen LogP contribution in [-0.4, -0.2) is 77.4 Å². The van der Waals surface area contributed by atoms with Crippen molar-refractivity contribution in [3.63, 3.8) is 0 Å². The minimum atomic E-state index is -0.162. The number of aromatic nitrogens is 1. The van der Waals surface area contributed by atoms with E-state index in [0.717, 1.165) is 12.8 Å². The molecule has 4 rings (SSSR count). The van der Waals surface area contributed by atoms with Crippen LogP contribution >= 0.6 is 0 Å². The fraction of sp³-hybridized carbons (Fsp3) is 0.611. The number of hydrogen-bond donors (Lipinski definition) is 2. The molecule has 2 aliphatic heterocycles. The number of H-pyrrole nitrogens is 1. The molecule has 0 radical (unpaired) electrons. The molecule has 1 aliphatic carbocycles. The van der Waals surface area contributed by atoms with E-state index in [4.69, 9.17) is 4.74 Å². The van der Waals surface area contributed by atoms with Gasteiger partial charge >= 0.3 is 0 Å². The number of rotatable bonds is 2. The first kappa shape index (κ1) is 17.1. The van der Waals surface area contributed by atoms with Crippen LogP contribution in [0.2, 0.25) is 0 Å². The molecule has 2 saturated heterocycles. The van der Waals surface area contributed by atoms with E-state index in [-0.39, 0.29) is 42.3 Å². The lowest BCUT2D eigenvalue weighted by molar-refractivity contribution is -0.146. The van der Waals surface area contributed by atoms with Gasteiger partial charge in [0.1, 0.15) is 0 Å². The monoisotopic (exact) mass is 360 g/mol. The fourth-order valence-corrected chi connectivity index (χ4v) is 4.29. The highest BCUT2D eigenvalue weighted by Gasteiger charge is 2.43. The zero-order chi connectivity index (χ0) is 18.1. The number of carbonyl (C=O) groups is 3. The van der Waals surface area contributed by atoms with Gasteiger partial charge in [0, 0.05) is 37.9 Å². The van der Waals surface area contributed by atoms with E-state index in [1.165, 1.54) is 0 Å². The Morgan fingerprint density at radius 1 is 1.23 bits per heavy atom. The van der Waals surface area contributed by atoms with Gasteiger partial charge in [-0.2, -0.15) is 0 Å². The van der Waals surface area contributed by atoms with Crippen molar-refractivity contribution in [2.75, 3.05) is 32.8 Å². The highest BCUT2D eigenvalue weighted by molar-refractivity contribution is 5.94. The van der Waals surface area contributed by atoms with Crippen molar-refractivity contribution in [3.8, 4) is 0 Å². The third-order valence-corrected chi connectivity index (χ3v) is 5.62. The third kappa shape index (κ3) is 3.21. The van der Waals surface area contributed by atoms with E-state index in [0.29, 0.717) is 38.2 Å². The minimum absolute atomic E-state index is 0.0136. The van der Waals surface area contributed by atoms with Crippen LogP contribution in [0.15, 0.2) is 18.5 Å². The smallest absolute Gasteiger partial charge is 0.255 e. The summed E-state index contributed by atoms with van der Waals surface area (Å²) in [5.41, 5.74) is 0.631. The molecule has 3 aliphatic rings. The van der Waals surface area contributed by atoms with Crippen molar-refractivity contribution >= 4 is 17.7 Å². The minimum Gasteiger partial charge on any atom is -0.374 e. The quantitative estimate of drug-likeness (QED) is 0.775. The summed E-state index contributed by atoms with van der Waals surface area (Å²) in [4.78, 5) is 43.7. The molecule has 0 bridgehead atoms. The molecular weight excluding hydrogens is 336 g/mol. The summed E-state index contributed by atoms with van der Waals surface area (Å²) >= 11 is 0. The van der Waals surface area contributed by atoms with Gasteiger partial charge in [0.05, 0.1) is 30.9 Å². The lowest BCUT2D eigenvalue weighted by Crippen LogP contribution is -2.58. The molecule has 26 heavy (non-hydrogen) atoms. The molecule has 0 unspecified atom stereocenters. The third-order valence-electron chi connectivity index (χ3n) is 5.62. The van der Waals surface area contributed by atoms with E-state index in [2.05, 4.69) is 10.3 Å². The van der Waals surface area contributed by atoms with E-state index in [1.54, 1.807) is 23.4 Å². The summed E-state index contributed by atoms with van der Waals surface area (Å²) < 4.78 is 5.88. The average Bonchev–Trinajstić information content (AvgIpc) is 3.21. The number of morpholine rings is 1. The van der Waals surface area contributed by atoms with Crippen LogP contribution in [0.25, 0.3) is 0 Å². The van der Waals surface area contributed by atoms with E-state index < -0.39 is 0 Å². The number of hydrogen-bond acceptors (Lipinski definition) is 4. The standard InChI is InChI=1S/C18H24N4O4/c23-16-11-21(6-5-20-16)17(24)12-1-2-15-14(9-12)22(7-8-26-15)18(25)13-3-4-19-10-13/h3-4,10,12,14-15,19H,1-2,5-9,11H2,(H,20,23)/t12-,14+,15+/m0/s1. The van der Waals surface area contributed by atoms with Crippen molar-refractivity contribution in [1.82, 2.24) is 20.1 Å². The van der Waals surface area contributed by atoms with Crippen molar-refractivity contribution < 1.29 is 19.1 Å². The zero-order valence-electron chi connectivity index (χ0n) is 14.6. The normalized spacial score (nSPS) is 29.1. The molecule has 140 valence electrons. The molecule has 3 amide bonds. The lowest BCUT2D eigenvalue weighted by Gasteiger charge is -2.46. The summed E-state index contributed by atoms with van der Waals surface area (Å²) in [6, 6.07) is 1.68. The fourth-order valence-electron chi connectivity index (χ4n) is 4.29. The van der Waals surface area contributed by atoms with Gasteiger partial charge in [-0.25, -0.2) is 0 Å². The van der Waals surface area contributed by atoms with Crippen LogP contribution in [0.3, 0.4) is 0 Å². The van der Waals surface area contributed by atoms with E-state index >= 15 is 0 Å². The Hall–Kier alpha value is -2.35. The summed E-state index contributed by atoms with van der Waals surface area (Å²) in [7, 11) is 0. The summed E-state index contributed by atoms with van der Waals surface area (Å²) in [6.07, 6.45) is 5.52. The first-order chi connectivity index (χ1) is 12.6. The second kappa shape index (κ2) is 7.11. The van der Waals surface area contributed by atoms with Crippen LogP contribution in [0.4, 0.5) is 0 Å². The molecule has 1 saturated carbocycles. The molecule has 3 atom stereocenters. The number of ether oxygens (including phenoxy) is 1. The molecule has 8 nitrogen and oxygen atoms in total. The lowest BCUT2D eigenvalue weighted by atomic mass is 9.81. The second-order valence-corrected chi connectivity index (χ2v) is 7.19. The predicted molar refractivity (Wildman–Crippen MR) is 92.3 cm³/mol. The van der Waals surface area contributed by atoms with Gasteiger partial charge < -0.3 is 24.8 Å². The highest BCUT2D eigenvalue weighted by Crippen LogP contribution is 2.34. The number of nitrogens with one attached hydrogen (secondary N) is 2. The van der Waals surface area contributed by atoms with Crippen molar-refractivity contribution in [2.24, 2.45) is 5.92 Å². The Kier molecular flexibility index (Phi) is 4.67. The molecule has 1 aromatic rings. The number of nitrogens with zero attached hydrogens (tertiary/aromatic N) is 2. The van der Waals surface area contributed by atoms with Gasteiger partial charge in [-0.1, -0.05) is 0 Å². The second-order valence-electron chi connectivity index (χ2n) is 7.19. The topological polar surface area (TPSA) is 94.7 Å². The maximum Gasteiger partial charge on any atom is 0.255 e. The zero-order valence-corrected chi connectivity index (χ0v) is 14.6. The Morgan fingerprint density at radius 2 is 2.12 bits per heavy atom. The summed E-state index contributed by atoms with van der Waals surface area (Å²) in [6.45, 7) is 2.26. The van der Waals surface area contributed by atoms with Crippen molar-refractivity contribution in [2.45, 2.75) is 31.4 Å². The van der Waals surface area contributed by atoms with Gasteiger partial charge in [-0.15, -0.1) is 0 Å². The maximum atomic E-state index is 12.9. The Balaban J connectivity index is 1.47. The van der Waals surface area contributed by atoms with Gasteiger partial charge in [0.2, 0.25) is 11.8 Å². The largest absolute Gasteiger partial charge is 0.374 e. The number of amides is 3. The Bertz CT molecular complexity index is 689. The first-order valence-corrected chi connectivity index (χ1v) is 9.24. The molecule has 3 fully saturated rings. The maximum absolute atomic E-state index is 12.9. The molecule has 2 N–H and O–H groups in total. The van der Waals surface area contributed by atoms with Gasteiger partial charge in [0.25, 0.3) is 5.91 Å². The van der Waals surface area contributed by atoms with Crippen molar-refractivity contribution in [3.05, 3.63) is 24.0 Å². The molecule has 0 spiro atoms. The molecule has 3 heterocycles. The van der Waals surface area contributed by atoms with Crippen LogP contribution in [-0.2, 0) is 14.3 Å². The number of aromatic amines is 1. The molecular formula is C18H24N4O4. The molecule has 0 aromatic carbocycles. The predicted octanol–water partition coefficient (Wildman–Crippen LogP) is -0.0172. The number of piperazine rings is 1. The first-order valence-electron chi connectivity index (χ1n) is 9.24. The van der Waals surface area contributed by atoms with E-state index in [9.17, 15) is 14.4 Å².